The molecule has 0 radical (unpaired) electrons. The Morgan fingerprint density at radius 3 is 2.53 bits per heavy atom. The van der Waals surface area contributed by atoms with E-state index in [1.54, 1.807) is 19.2 Å². The van der Waals surface area contributed by atoms with Crippen molar-refractivity contribution in [3.05, 3.63) is 71.3 Å². The fraction of sp³-hybridized carbons (Fsp3) is 0.250. The highest BCUT2D eigenvalue weighted by molar-refractivity contribution is 5.93. The fourth-order valence-corrected chi connectivity index (χ4v) is 2.85. The monoisotopic (exact) mass is 422 g/mol. The molecule has 0 saturated heterocycles. The molecule has 0 atom stereocenters. The lowest BCUT2D eigenvalue weighted by atomic mass is 10.1. The second kappa shape index (κ2) is 8.93. The summed E-state index contributed by atoms with van der Waals surface area (Å²) in [4.78, 5) is 12.3. The van der Waals surface area contributed by atoms with Crippen molar-refractivity contribution in [1.29, 1.82) is 0 Å². The fourth-order valence-electron chi connectivity index (χ4n) is 2.85. The van der Waals surface area contributed by atoms with Crippen LogP contribution in [0.15, 0.2) is 48.5 Å². The molecule has 3 rings (SSSR count). The number of nitrogens with one attached hydrogen (secondary N) is 1. The number of aryl methyl sites for hydroxylation is 1. The van der Waals surface area contributed by atoms with Gasteiger partial charge in [-0.05, 0) is 48.7 Å². The molecule has 0 bridgehead atoms. The lowest BCUT2D eigenvalue weighted by Gasteiger charge is -2.11. The molecular formula is C20H18F4N4O2. The van der Waals surface area contributed by atoms with Crippen molar-refractivity contribution in [3.8, 4) is 11.4 Å². The van der Waals surface area contributed by atoms with E-state index in [2.05, 4.69) is 15.6 Å². The molecule has 0 fully saturated rings. The summed E-state index contributed by atoms with van der Waals surface area (Å²) < 4.78 is 59.6. The normalized spacial score (nSPS) is 11.4. The highest BCUT2D eigenvalue weighted by Gasteiger charge is 2.42. The first-order valence-electron chi connectivity index (χ1n) is 8.99. The van der Waals surface area contributed by atoms with E-state index in [4.69, 9.17) is 4.74 Å². The van der Waals surface area contributed by atoms with Crippen LogP contribution in [-0.4, -0.2) is 34.6 Å². The summed E-state index contributed by atoms with van der Waals surface area (Å²) in [5.74, 6) is -1.02. The third kappa shape index (κ3) is 4.94. The molecule has 10 heteroatoms. The molecule has 0 aliphatic carbocycles. The van der Waals surface area contributed by atoms with E-state index in [0.29, 0.717) is 23.3 Å². The summed E-state index contributed by atoms with van der Waals surface area (Å²) in [6.45, 7) is 0.148. The highest BCUT2D eigenvalue weighted by atomic mass is 19.4. The predicted molar refractivity (Wildman–Crippen MR) is 100.0 cm³/mol. The topological polar surface area (TPSA) is 69.0 Å². The summed E-state index contributed by atoms with van der Waals surface area (Å²) in [5, 5.41) is 9.23. The number of halogens is 4. The van der Waals surface area contributed by atoms with Gasteiger partial charge in [-0.15, -0.1) is 5.10 Å². The molecule has 30 heavy (non-hydrogen) atoms. The largest absolute Gasteiger partial charge is 0.497 e. The third-order valence-electron chi connectivity index (χ3n) is 4.29. The van der Waals surface area contributed by atoms with Crippen LogP contribution in [0.4, 0.5) is 17.6 Å². The number of benzene rings is 2. The Balaban J connectivity index is 1.69. The van der Waals surface area contributed by atoms with Gasteiger partial charge in [0.05, 0.1) is 12.8 Å². The number of nitrogens with zero attached hydrogens (tertiary/aromatic N) is 3. The molecule has 3 aromatic rings. The van der Waals surface area contributed by atoms with Crippen LogP contribution in [0.2, 0.25) is 0 Å². The quantitative estimate of drug-likeness (QED) is 0.465. The number of carbonyl (C=O) groups is 1. The minimum Gasteiger partial charge on any atom is -0.497 e. The summed E-state index contributed by atoms with van der Waals surface area (Å²) in [6.07, 6.45) is -3.78. The molecule has 1 N–H and O–H groups in total. The molecule has 1 aromatic heterocycles. The smallest absolute Gasteiger partial charge is 0.435 e. The van der Waals surface area contributed by atoms with Crippen LogP contribution in [-0.2, 0) is 12.6 Å². The molecule has 2 aromatic carbocycles. The van der Waals surface area contributed by atoms with Gasteiger partial charge in [-0.3, -0.25) is 4.79 Å². The second-order valence-corrected chi connectivity index (χ2v) is 6.38. The molecule has 158 valence electrons. The van der Waals surface area contributed by atoms with E-state index in [0.717, 1.165) is 17.7 Å². The van der Waals surface area contributed by atoms with Gasteiger partial charge >= 0.3 is 6.18 Å². The van der Waals surface area contributed by atoms with Crippen LogP contribution >= 0.6 is 0 Å². The summed E-state index contributed by atoms with van der Waals surface area (Å²) >= 11 is 0. The Bertz CT molecular complexity index is 1020. The van der Waals surface area contributed by atoms with E-state index in [9.17, 15) is 22.4 Å². The van der Waals surface area contributed by atoms with Crippen molar-refractivity contribution < 1.29 is 27.1 Å². The van der Waals surface area contributed by atoms with Crippen LogP contribution in [0.1, 0.15) is 28.2 Å². The van der Waals surface area contributed by atoms with Gasteiger partial charge in [-0.2, -0.15) is 13.2 Å². The molecule has 0 saturated carbocycles. The molecular weight excluding hydrogens is 404 g/mol. The summed E-state index contributed by atoms with van der Waals surface area (Å²) in [7, 11) is 1.56. The molecule has 0 aliphatic heterocycles. The number of hydrogen-bond donors (Lipinski definition) is 1. The highest BCUT2D eigenvalue weighted by Crippen LogP contribution is 2.32. The minimum absolute atomic E-state index is 0.148. The van der Waals surface area contributed by atoms with Gasteiger partial charge in [0.15, 0.2) is 11.4 Å². The number of carbonyl (C=O) groups excluding carboxylic acids is 1. The zero-order valence-corrected chi connectivity index (χ0v) is 15.9. The molecule has 6 nitrogen and oxygen atoms in total. The maximum atomic E-state index is 13.6. The van der Waals surface area contributed by atoms with E-state index in [-0.39, 0.29) is 12.2 Å². The average molecular weight is 422 g/mol. The first kappa shape index (κ1) is 21.3. The van der Waals surface area contributed by atoms with E-state index in [1.807, 2.05) is 12.1 Å². The Kier molecular flexibility index (Phi) is 6.34. The number of methoxy groups -OCH3 is 1. The standard InChI is InChI=1S/C20H18F4N4O2/c1-30-16-9-7-13(8-10-16)4-3-11-25-19(29)17-18(20(22,23)24)28(27-26-17)15-6-2-5-14(21)12-15/h2,5-10,12H,3-4,11H2,1H3,(H,25,29). The Labute approximate surface area is 169 Å². The van der Waals surface area contributed by atoms with Gasteiger partial charge in [0.1, 0.15) is 11.6 Å². The van der Waals surface area contributed by atoms with Crippen LogP contribution < -0.4 is 10.1 Å². The summed E-state index contributed by atoms with van der Waals surface area (Å²) in [6, 6.07) is 11.8. The first-order chi connectivity index (χ1) is 14.3. The van der Waals surface area contributed by atoms with Crippen molar-refractivity contribution in [1.82, 2.24) is 20.3 Å². The van der Waals surface area contributed by atoms with Gasteiger partial charge in [0.25, 0.3) is 5.91 Å². The van der Waals surface area contributed by atoms with Crippen LogP contribution in [0.25, 0.3) is 5.69 Å². The van der Waals surface area contributed by atoms with Crippen molar-refractivity contribution in [2.24, 2.45) is 0 Å². The lowest BCUT2D eigenvalue weighted by molar-refractivity contribution is -0.143. The first-order valence-corrected chi connectivity index (χ1v) is 8.99. The summed E-state index contributed by atoms with van der Waals surface area (Å²) in [5.41, 5.74) is -1.41. The maximum absolute atomic E-state index is 13.6. The van der Waals surface area contributed by atoms with Gasteiger partial charge in [-0.1, -0.05) is 23.4 Å². The van der Waals surface area contributed by atoms with Crippen LogP contribution in [0, 0.1) is 5.82 Å². The van der Waals surface area contributed by atoms with Crippen molar-refractivity contribution >= 4 is 5.91 Å². The van der Waals surface area contributed by atoms with Gasteiger partial charge in [0, 0.05) is 6.54 Å². The number of rotatable bonds is 7. The lowest BCUT2D eigenvalue weighted by Crippen LogP contribution is -2.28. The maximum Gasteiger partial charge on any atom is 0.435 e. The number of alkyl halides is 3. The Hall–Kier alpha value is -3.43. The zero-order valence-electron chi connectivity index (χ0n) is 15.9. The van der Waals surface area contributed by atoms with Gasteiger partial charge < -0.3 is 10.1 Å². The van der Waals surface area contributed by atoms with E-state index >= 15 is 0 Å². The van der Waals surface area contributed by atoms with E-state index < -0.39 is 29.3 Å². The van der Waals surface area contributed by atoms with Crippen molar-refractivity contribution in [3.63, 3.8) is 0 Å². The average Bonchev–Trinajstić information content (AvgIpc) is 3.17. The van der Waals surface area contributed by atoms with Crippen molar-refractivity contribution in [2.45, 2.75) is 19.0 Å². The van der Waals surface area contributed by atoms with Gasteiger partial charge in [-0.25, -0.2) is 9.07 Å². The van der Waals surface area contributed by atoms with Crippen LogP contribution in [0.3, 0.4) is 0 Å². The SMILES string of the molecule is COc1ccc(CCCNC(=O)c2nnn(-c3cccc(F)c3)c2C(F)(F)F)cc1. The van der Waals surface area contributed by atoms with Crippen molar-refractivity contribution in [2.75, 3.05) is 13.7 Å². The molecule has 1 heterocycles. The number of ether oxygens (including phenoxy) is 1. The van der Waals surface area contributed by atoms with E-state index in [1.165, 1.54) is 12.1 Å². The molecule has 0 unspecified atom stereocenters. The Morgan fingerprint density at radius 2 is 1.90 bits per heavy atom. The Morgan fingerprint density at radius 1 is 1.17 bits per heavy atom. The molecule has 0 aliphatic rings. The van der Waals surface area contributed by atoms with Crippen LogP contribution in [0.5, 0.6) is 5.75 Å². The van der Waals surface area contributed by atoms with Gasteiger partial charge in [0.2, 0.25) is 0 Å². The number of aromatic nitrogens is 3. The zero-order chi connectivity index (χ0) is 21.7. The minimum atomic E-state index is -4.91. The molecule has 1 amide bonds. The predicted octanol–water partition coefficient (Wildman–Crippen LogP) is 3.80. The number of hydrogen-bond acceptors (Lipinski definition) is 4. The second-order valence-electron chi connectivity index (χ2n) is 6.38. The molecule has 0 spiro atoms. The number of amides is 1. The third-order valence-corrected chi connectivity index (χ3v) is 4.29.